The van der Waals surface area contributed by atoms with Crippen LogP contribution in [-0.4, -0.2) is 30.3 Å². The van der Waals surface area contributed by atoms with Gasteiger partial charge < -0.3 is 9.52 Å². The summed E-state index contributed by atoms with van der Waals surface area (Å²) >= 11 is 5.83. The van der Waals surface area contributed by atoms with Gasteiger partial charge in [0.2, 0.25) is 11.8 Å². The summed E-state index contributed by atoms with van der Waals surface area (Å²) in [5, 5.41) is 25.7. The van der Waals surface area contributed by atoms with Gasteiger partial charge in [-0.25, -0.2) is 4.68 Å². The van der Waals surface area contributed by atoms with Crippen LogP contribution in [0, 0.1) is 0 Å². The first-order chi connectivity index (χ1) is 10.1. The first-order valence-electron chi connectivity index (χ1n) is 6.28. The summed E-state index contributed by atoms with van der Waals surface area (Å²) in [5.74, 6) is 0.819. The molecule has 3 rings (SSSR count). The molecule has 21 heavy (non-hydrogen) atoms. The Morgan fingerprint density at radius 2 is 2.00 bits per heavy atom. The van der Waals surface area contributed by atoms with Crippen molar-refractivity contribution >= 4 is 11.6 Å². The summed E-state index contributed by atoms with van der Waals surface area (Å²) in [6, 6.07) is 7.13. The van der Waals surface area contributed by atoms with E-state index in [2.05, 4.69) is 20.5 Å². The van der Waals surface area contributed by atoms with Crippen molar-refractivity contribution in [1.29, 1.82) is 0 Å². The molecule has 0 fully saturated rings. The number of aromatic nitrogens is 5. The fraction of sp³-hybridized carbons (Fsp3) is 0.231. The molecule has 0 aliphatic carbocycles. The minimum atomic E-state index is -0.661. The van der Waals surface area contributed by atoms with Gasteiger partial charge in [-0.05, 0) is 31.2 Å². The molecule has 2 heterocycles. The first kappa shape index (κ1) is 13.7. The summed E-state index contributed by atoms with van der Waals surface area (Å²) in [4.78, 5) is 0. The molecule has 0 aliphatic heterocycles. The molecule has 0 spiro atoms. The summed E-state index contributed by atoms with van der Waals surface area (Å²) in [6.07, 6.45) is 0.975. The fourth-order valence-electron chi connectivity index (χ4n) is 1.75. The van der Waals surface area contributed by atoms with Crippen LogP contribution >= 0.6 is 11.6 Å². The molecular weight excluding hydrogens is 294 g/mol. The number of aliphatic hydroxyl groups is 1. The van der Waals surface area contributed by atoms with Gasteiger partial charge >= 0.3 is 0 Å². The van der Waals surface area contributed by atoms with Gasteiger partial charge in [0.15, 0.2) is 0 Å². The molecule has 108 valence electrons. The predicted molar refractivity (Wildman–Crippen MR) is 74.5 cm³/mol. The lowest BCUT2D eigenvalue weighted by Gasteiger charge is -1.96. The van der Waals surface area contributed by atoms with E-state index in [0.29, 0.717) is 29.0 Å². The van der Waals surface area contributed by atoms with Crippen molar-refractivity contribution in [2.45, 2.75) is 19.6 Å². The van der Waals surface area contributed by atoms with E-state index in [1.165, 1.54) is 4.68 Å². The Hall–Kier alpha value is -2.25. The Morgan fingerprint density at radius 3 is 2.67 bits per heavy atom. The highest BCUT2D eigenvalue weighted by Gasteiger charge is 2.11. The van der Waals surface area contributed by atoms with Crippen LogP contribution < -0.4 is 0 Å². The molecule has 1 N–H and O–H groups in total. The van der Waals surface area contributed by atoms with Crippen LogP contribution in [0.2, 0.25) is 5.02 Å². The van der Waals surface area contributed by atoms with Crippen LogP contribution in [0.3, 0.4) is 0 Å². The molecule has 0 amide bonds. The van der Waals surface area contributed by atoms with Crippen molar-refractivity contribution in [3.8, 4) is 11.5 Å². The predicted octanol–water partition coefficient (Wildman–Crippen LogP) is 2.08. The Morgan fingerprint density at radius 1 is 1.24 bits per heavy atom. The maximum atomic E-state index is 9.40. The van der Waals surface area contributed by atoms with Gasteiger partial charge in [0.1, 0.15) is 12.2 Å². The van der Waals surface area contributed by atoms with Gasteiger partial charge in [0, 0.05) is 10.6 Å². The Balaban J connectivity index is 1.76. The molecule has 0 bridgehead atoms. The van der Waals surface area contributed by atoms with Crippen molar-refractivity contribution in [2.24, 2.45) is 0 Å². The van der Waals surface area contributed by atoms with Crippen LogP contribution in [-0.2, 0) is 6.54 Å². The average molecular weight is 306 g/mol. The number of halogens is 1. The fourth-order valence-corrected chi connectivity index (χ4v) is 1.87. The third-order valence-electron chi connectivity index (χ3n) is 2.84. The second kappa shape index (κ2) is 5.63. The SMILES string of the molecule is CC(O)c1cn(Cc2nnc(-c3ccc(Cl)cc3)o2)nn1. The van der Waals surface area contributed by atoms with Gasteiger partial charge in [0.05, 0.1) is 12.3 Å². The van der Waals surface area contributed by atoms with Crippen LogP contribution in [0.4, 0.5) is 0 Å². The van der Waals surface area contributed by atoms with Crippen molar-refractivity contribution in [3.63, 3.8) is 0 Å². The lowest BCUT2D eigenvalue weighted by atomic mass is 10.2. The molecule has 3 aromatic rings. The lowest BCUT2D eigenvalue weighted by molar-refractivity contribution is 0.194. The Bertz CT molecular complexity index is 735. The molecule has 0 radical (unpaired) electrons. The van der Waals surface area contributed by atoms with E-state index < -0.39 is 6.10 Å². The zero-order valence-corrected chi connectivity index (χ0v) is 11.9. The van der Waals surface area contributed by atoms with E-state index in [0.717, 1.165) is 5.56 Å². The smallest absolute Gasteiger partial charge is 0.247 e. The largest absolute Gasteiger partial charge is 0.419 e. The highest BCUT2D eigenvalue weighted by Crippen LogP contribution is 2.20. The summed E-state index contributed by atoms with van der Waals surface area (Å²) in [5.41, 5.74) is 1.29. The molecule has 7 nitrogen and oxygen atoms in total. The highest BCUT2D eigenvalue weighted by atomic mass is 35.5. The standard InChI is InChI=1S/C13H12ClN5O2/c1-8(20)11-6-19(18-15-11)7-12-16-17-13(21-12)9-2-4-10(14)5-3-9/h2-6,8,20H,7H2,1H3. The van der Waals surface area contributed by atoms with Gasteiger partial charge in [-0.15, -0.1) is 15.3 Å². The molecule has 0 saturated heterocycles. The van der Waals surface area contributed by atoms with E-state index >= 15 is 0 Å². The first-order valence-corrected chi connectivity index (χ1v) is 6.66. The maximum absolute atomic E-state index is 9.40. The van der Waals surface area contributed by atoms with E-state index in [1.54, 1.807) is 37.4 Å². The summed E-state index contributed by atoms with van der Waals surface area (Å²) < 4.78 is 7.10. The lowest BCUT2D eigenvalue weighted by Crippen LogP contribution is -2.00. The van der Waals surface area contributed by atoms with Crippen molar-refractivity contribution in [2.75, 3.05) is 0 Å². The molecule has 0 aliphatic rings. The second-order valence-electron chi connectivity index (χ2n) is 4.52. The molecule has 1 atom stereocenters. The second-order valence-corrected chi connectivity index (χ2v) is 4.96. The number of aliphatic hydroxyl groups excluding tert-OH is 1. The monoisotopic (exact) mass is 305 g/mol. The van der Waals surface area contributed by atoms with Crippen molar-refractivity contribution in [1.82, 2.24) is 25.2 Å². The molecular formula is C13H12ClN5O2. The Kier molecular flexibility index (Phi) is 3.68. The highest BCUT2D eigenvalue weighted by molar-refractivity contribution is 6.30. The molecule has 1 unspecified atom stereocenters. The van der Waals surface area contributed by atoms with Crippen LogP contribution in [0.1, 0.15) is 24.6 Å². The van der Waals surface area contributed by atoms with Gasteiger partial charge in [0.25, 0.3) is 0 Å². The summed E-state index contributed by atoms with van der Waals surface area (Å²) in [7, 11) is 0. The quantitative estimate of drug-likeness (QED) is 0.793. The normalized spacial score (nSPS) is 12.5. The van der Waals surface area contributed by atoms with Gasteiger partial charge in [-0.3, -0.25) is 0 Å². The van der Waals surface area contributed by atoms with Crippen LogP contribution in [0.25, 0.3) is 11.5 Å². The van der Waals surface area contributed by atoms with E-state index in [4.69, 9.17) is 16.0 Å². The number of nitrogens with zero attached hydrogens (tertiary/aromatic N) is 5. The third kappa shape index (κ3) is 3.09. The number of rotatable bonds is 4. The van der Waals surface area contributed by atoms with Gasteiger partial charge in [-0.1, -0.05) is 16.8 Å². The molecule has 1 aromatic carbocycles. The van der Waals surface area contributed by atoms with E-state index in [1.807, 2.05) is 0 Å². The van der Waals surface area contributed by atoms with E-state index in [-0.39, 0.29) is 0 Å². The number of benzene rings is 1. The number of hydrogen-bond donors (Lipinski definition) is 1. The van der Waals surface area contributed by atoms with Crippen molar-refractivity contribution in [3.05, 3.63) is 47.1 Å². The molecule has 0 saturated carbocycles. The maximum Gasteiger partial charge on any atom is 0.247 e. The topological polar surface area (TPSA) is 89.9 Å². The minimum Gasteiger partial charge on any atom is -0.419 e. The van der Waals surface area contributed by atoms with Gasteiger partial charge in [-0.2, -0.15) is 0 Å². The minimum absolute atomic E-state index is 0.292. The molecule has 8 heteroatoms. The zero-order chi connectivity index (χ0) is 14.8. The zero-order valence-electron chi connectivity index (χ0n) is 11.1. The van der Waals surface area contributed by atoms with Crippen LogP contribution in [0.5, 0.6) is 0 Å². The third-order valence-corrected chi connectivity index (χ3v) is 3.09. The average Bonchev–Trinajstić information content (AvgIpc) is 3.10. The molecule has 2 aromatic heterocycles. The van der Waals surface area contributed by atoms with Crippen molar-refractivity contribution < 1.29 is 9.52 Å². The van der Waals surface area contributed by atoms with Crippen LogP contribution in [0.15, 0.2) is 34.9 Å². The summed E-state index contributed by atoms with van der Waals surface area (Å²) in [6.45, 7) is 1.92. The Labute approximate surface area is 125 Å². The van der Waals surface area contributed by atoms with E-state index in [9.17, 15) is 5.11 Å². The number of hydrogen-bond acceptors (Lipinski definition) is 6.